The van der Waals surface area contributed by atoms with Crippen LogP contribution in [0.25, 0.3) is 0 Å². The summed E-state index contributed by atoms with van der Waals surface area (Å²) in [6.07, 6.45) is 11.2. The minimum absolute atomic E-state index is 0.00325. The van der Waals surface area contributed by atoms with Crippen LogP contribution < -0.4 is 21.3 Å². The van der Waals surface area contributed by atoms with Crippen molar-refractivity contribution in [1.29, 1.82) is 0 Å². The fourth-order valence-corrected chi connectivity index (χ4v) is 7.97. The van der Waals surface area contributed by atoms with Crippen LogP contribution in [0.2, 0.25) is 0 Å². The van der Waals surface area contributed by atoms with E-state index in [4.69, 9.17) is 4.74 Å². The maximum absolute atomic E-state index is 14.7. The van der Waals surface area contributed by atoms with Gasteiger partial charge in [0.1, 0.15) is 23.8 Å². The van der Waals surface area contributed by atoms with Crippen molar-refractivity contribution in [3.05, 3.63) is 24.3 Å². The fraction of sp³-hybridized carbons (Fsp3) is 0.750. The Morgan fingerprint density at radius 2 is 1.66 bits per heavy atom. The fourth-order valence-electron chi connectivity index (χ4n) is 7.97. The van der Waals surface area contributed by atoms with Crippen molar-refractivity contribution >= 4 is 29.5 Å². The average molecular weight is 698 g/mol. The quantitative estimate of drug-likeness (QED) is 0.191. The molecule has 14 heteroatoms. The number of amides is 5. The topological polar surface area (TPSA) is 192 Å². The van der Waals surface area contributed by atoms with E-state index in [1.54, 1.807) is 11.8 Å². The molecule has 3 saturated carbocycles. The molecule has 1 unspecified atom stereocenters. The van der Waals surface area contributed by atoms with Gasteiger partial charge in [0.25, 0.3) is 11.8 Å². The summed E-state index contributed by atoms with van der Waals surface area (Å²) in [4.78, 5) is 78.8. The van der Waals surface area contributed by atoms with Crippen LogP contribution >= 0.6 is 0 Å². The van der Waals surface area contributed by atoms with Gasteiger partial charge in [0, 0.05) is 31.6 Å². The highest BCUT2D eigenvalue weighted by atomic mass is 16.5. The molecule has 14 nitrogen and oxygen atoms in total. The van der Waals surface area contributed by atoms with Gasteiger partial charge in [0.2, 0.25) is 17.7 Å². The van der Waals surface area contributed by atoms with Crippen molar-refractivity contribution in [2.45, 2.75) is 135 Å². The summed E-state index contributed by atoms with van der Waals surface area (Å²) in [5, 5.41) is 22.5. The first kappa shape index (κ1) is 37.6. The summed E-state index contributed by atoms with van der Waals surface area (Å²) < 4.78 is 5.81. The zero-order valence-electron chi connectivity index (χ0n) is 30.1. The van der Waals surface area contributed by atoms with Crippen molar-refractivity contribution in [2.24, 2.45) is 23.2 Å². The zero-order chi connectivity index (χ0) is 36.2. The molecule has 0 radical (unpaired) electrons. The first-order valence-corrected chi connectivity index (χ1v) is 18.4. The van der Waals surface area contributed by atoms with Crippen LogP contribution in [0, 0.1) is 23.2 Å². The minimum atomic E-state index is -1.73. The molecule has 1 aromatic rings. The van der Waals surface area contributed by atoms with Crippen molar-refractivity contribution in [2.75, 3.05) is 13.2 Å². The van der Waals surface area contributed by atoms with Crippen LogP contribution in [0.5, 0.6) is 0 Å². The Balaban J connectivity index is 1.37. The molecule has 0 aromatic carbocycles. The van der Waals surface area contributed by atoms with Gasteiger partial charge in [-0.3, -0.25) is 29.0 Å². The van der Waals surface area contributed by atoms with E-state index >= 15 is 0 Å². The molecule has 5 N–H and O–H groups in total. The molecule has 5 amide bonds. The number of carbonyl (C=O) groups excluding carboxylic acids is 5. The van der Waals surface area contributed by atoms with Gasteiger partial charge in [-0.25, -0.2) is 4.98 Å². The van der Waals surface area contributed by atoms with E-state index in [1.165, 1.54) is 25.5 Å². The summed E-state index contributed by atoms with van der Waals surface area (Å²) in [5.74, 6) is -2.67. The van der Waals surface area contributed by atoms with Crippen molar-refractivity contribution in [3.63, 3.8) is 0 Å². The van der Waals surface area contributed by atoms with Crippen molar-refractivity contribution in [1.82, 2.24) is 36.1 Å². The third kappa shape index (κ3) is 8.62. The predicted molar refractivity (Wildman–Crippen MR) is 183 cm³/mol. The smallest absolute Gasteiger partial charge is 0.272 e. The van der Waals surface area contributed by atoms with E-state index in [0.717, 1.165) is 64.2 Å². The molecule has 7 atom stereocenters. The molecule has 0 spiro atoms. The lowest BCUT2D eigenvalue weighted by atomic mass is 9.82. The Bertz CT molecular complexity index is 1390. The van der Waals surface area contributed by atoms with E-state index in [1.807, 2.05) is 20.8 Å². The van der Waals surface area contributed by atoms with Gasteiger partial charge >= 0.3 is 0 Å². The molecule has 1 aromatic heterocycles. The Morgan fingerprint density at radius 1 is 0.940 bits per heavy atom. The third-order valence-electron chi connectivity index (χ3n) is 10.8. The van der Waals surface area contributed by atoms with Crippen molar-refractivity contribution < 1.29 is 33.8 Å². The molecule has 4 aliphatic rings. The largest absolute Gasteiger partial charge is 0.379 e. The first-order chi connectivity index (χ1) is 23.7. The highest BCUT2D eigenvalue weighted by Gasteiger charge is 2.54. The number of hydrogen-bond donors (Lipinski definition) is 5. The number of ether oxygens (including phenoxy) is 1. The number of rotatable bonds is 13. The summed E-state index contributed by atoms with van der Waals surface area (Å²) in [6, 6.07) is -2.80. The maximum atomic E-state index is 14.7. The van der Waals surface area contributed by atoms with Gasteiger partial charge in [-0.1, -0.05) is 46.5 Å². The molecule has 4 fully saturated rings. The van der Waals surface area contributed by atoms with E-state index in [0.29, 0.717) is 6.54 Å². The SMILES string of the molecule is CCO[C@@](C)(NC(=O)[C@@H]1[C@H]2CCC[C@H]2CN1C(=O)[C@@H](NC(=O)[C@@H](NC(=O)c1cnccn1)C1CCCCC1)C(C)(C)C)C(O)C(=O)NC1CC1. The normalized spacial score (nSPS) is 25.4. The number of fused-ring (bicyclic) bond motifs is 1. The first-order valence-electron chi connectivity index (χ1n) is 18.4. The molecule has 2 heterocycles. The Hall–Kier alpha value is -3.65. The minimum Gasteiger partial charge on any atom is -0.379 e. The highest BCUT2D eigenvalue weighted by molar-refractivity contribution is 5.98. The average Bonchev–Trinajstić information content (AvgIpc) is 3.65. The molecule has 1 aliphatic heterocycles. The third-order valence-corrected chi connectivity index (χ3v) is 10.8. The highest BCUT2D eigenvalue weighted by Crippen LogP contribution is 2.43. The molecular formula is C36H55N7O7. The lowest BCUT2D eigenvalue weighted by Gasteiger charge is -2.39. The van der Waals surface area contributed by atoms with Gasteiger partial charge in [0.15, 0.2) is 11.8 Å². The second-order valence-electron chi connectivity index (χ2n) is 15.8. The summed E-state index contributed by atoms with van der Waals surface area (Å²) in [6.45, 7) is 9.22. The Kier molecular flexibility index (Phi) is 11.8. The number of carbonyl (C=O) groups is 5. The Labute approximate surface area is 294 Å². The number of hydrogen-bond acceptors (Lipinski definition) is 9. The number of nitrogens with zero attached hydrogens (tertiary/aromatic N) is 3. The molecule has 1 saturated heterocycles. The van der Waals surface area contributed by atoms with Gasteiger partial charge in [-0.05, 0) is 75.5 Å². The van der Waals surface area contributed by atoms with E-state index in [9.17, 15) is 29.1 Å². The van der Waals surface area contributed by atoms with Crippen LogP contribution in [0.15, 0.2) is 18.6 Å². The van der Waals surface area contributed by atoms with Gasteiger partial charge in [-0.2, -0.15) is 0 Å². The van der Waals surface area contributed by atoms with E-state index < -0.39 is 64.9 Å². The zero-order valence-corrected chi connectivity index (χ0v) is 30.1. The lowest BCUT2D eigenvalue weighted by molar-refractivity contribution is -0.167. The molecule has 276 valence electrons. The van der Waals surface area contributed by atoms with Gasteiger partial charge in [-0.15, -0.1) is 0 Å². The number of nitrogens with one attached hydrogen (secondary N) is 4. The molecular weight excluding hydrogens is 642 g/mol. The standard InChI is InChI=1S/C36H55N7O7/c1-6-50-36(5,29(44)33(48)39-23-15-16-23)42-32(47)27-24-14-10-13-22(24)20-43(27)34(49)28(35(2,3)4)41-31(46)26(21-11-8-7-9-12-21)40-30(45)25-19-37-17-18-38-25/h17-19,21-24,26-29,44H,6-16,20H2,1-5H3,(H,39,48)(H,40,45)(H,41,46)(H,42,47)/t22-,24-,26-,27-,28+,29?,36+/m0/s1. The number of aliphatic hydroxyl groups is 1. The van der Waals surface area contributed by atoms with Crippen LogP contribution in [0.4, 0.5) is 0 Å². The Morgan fingerprint density at radius 3 is 2.28 bits per heavy atom. The lowest BCUT2D eigenvalue weighted by Crippen LogP contribution is -2.65. The number of aromatic nitrogens is 2. The van der Waals surface area contributed by atoms with Crippen LogP contribution in [-0.4, -0.2) is 98.7 Å². The molecule has 3 aliphatic carbocycles. The summed E-state index contributed by atoms with van der Waals surface area (Å²) in [5.41, 5.74) is -2.40. The van der Waals surface area contributed by atoms with Crippen LogP contribution in [-0.2, 0) is 23.9 Å². The number of aliphatic hydroxyl groups excluding tert-OH is 1. The summed E-state index contributed by atoms with van der Waals surface area (Å²) in [7, 11) is 0. The van der Waals surface area contributed by atoms with Crippen LogP contribution in [0.3, 0.4) is 0 Å². The molecule has 50 heavy (non-hydrogen) atoms. The van der Waals surface area contributed by atoms with E-state index in [-0.39, 0.29) is 36.1 Å². The second kappa shape index (κ2) is 15.7. The van der Waals surface area contributed by atoms with Crippen LogP contribution in [0.1, 0.15) is 109 Å². The van der Waals surface area contributed by atoms with Crippen molar-refractivity contribution in [3.8, 4) is 0 Å². The monoisotopic (exact) mass is 697 g/mol. The summed E-state index contributed by atoms with van der Waals surface area (Å²) >= 11 is 0. The predicted octanol–water partition coefficient (Wildman–Crippen LogP) is 1.82. The van der Waals surface area contributed by atoms with E-state index in [2.05, 4.69) is 31.2 Å². The van der Waals surface area contributed by atoms with Gasteiger partial charge in [0.05, 0.1) is 6.20 Å². The van der Waals surface area contributed by atoms with Gasteiger partial charge < -0.3 is 36.0 Å². The number of likely N-dealkylation sites (tertiary alicyclic amines) is 1. The molecule has 0 bridgehead atoms. The second-order valence-corrected chi connectivity index (χ2v) is 15.8. The molecule has 5 rings (SSSR count). The maximum Gasteiger partial charge on any atom is 0.272 e.